The van der Waals surface area contributed by atoms with E-state index in [9.17, 15) is 32.3 Å². The summed E-state index contributed by atoms with van der Waals surface area (Å²) in [5, 5.41) is 16.3. The lowest BCUT2D eigenvalue weighted by atomic mass is 9.96. The largest absolute Gasteiger partial charge is 0.481 e. The molecular weight excluding hydrogens is 433 g/mol. The number of likely N-dealkylation sites (tertiary alicyclic amines) is 1. The number of carbonyl (C=O) groups is 4. The molecule has 0 radical (unpaired) electrons. The second-order valence-electron chi connectivity index (χ2n) is 8.06. The Bertz CT molecular complexity index is 723. The Kier molecular flexibility index (Phi) is 9.48. The number of nitrogens with one attached hydrogen (secondary N) is 3. The van der Waals surface area contributed by atoms with Crippen LogP contribution in [-0.4, -0.2) is 79.1 Å². The Balaban J connectivity index is 1.82. The van der Waals surface area contributed by atoms with Crippen LogP contribution in [0.15, 0.2) is 12.2 Å². The zero-order chi connectivity index (χ0) is 23.7. The summed E-state index contributed by atoms with van der Waals surface area (Å²) in [7, 11) is 0. The van der Waals surface area contributed by atoms with E-state index in [0.29, 0.717) is 25.3 Å². The molecule has 2 aliphatic rings. The van der Waals surface area contributed by atoms with Gasteiger partial charge in [-0.3, -0.25) is 19.2 Å². The molecule has 2 aliphatic heterocycles. The topological polar surface area (TPSA) is 128 Å². The van der Waals surface area contributed by atoms with E-state index in [1.165, 1.54) is 5.32 Å². The minimum absolute atomic E-state index is 0.181. The van der Waals surface area contributed by atoms with E-state index in [1.54, 1.807) is 11.0 Å². The van der Waals surface area contributed by atoms with Gasteiger partial charge in [0.2, 0.25) is 11.8 Å². The number of allylic oxidation sites excluding steroid dienone is 1. The SMILES string of the molecule is O=C(O)[C@@H](CNC(=O)[C@@H]1CCCN(C(=O)/C=C/C2CCNCC2)C1)CNC(=O)C(F)(F)F. The van der Waals surface area contributed by atoms with Gasteiger partial charge >= 0.3 is 18.1 Å². The molecule has 180 valence electrons. The molecule has 9 nitrogen and oxygen atoms in total. The maximum absolute atomic E-state index is 12.5. The summed E-state index contributed by atoms with van der Waals surface area (Å²) >= 11 is 0. The highest BCUT2D eigenvalue weighted by molar-refractivity contribution is 5.88. The fourth-order valence-electron chi connectivity index (χ4n) is 3.68. The number of aliphatic carboxylic acids is 1. The number of nitrogens with zero attached hydrogens (tertiary/aromatic N) is 1. The van der Waals surface area contributed by atoms with Crippen molar-refractivity contribution in [2.45, 2.75) is 31.9 Å². The Morgan fingerprint density at radius 1 is 1.09 bits per heavy atom. The van der Waals surface area contributed by atoms with E-state index in [4.69, 9.17) is 5.11 Å². The number of rotatable bonds is 8. The van der Waals surface area contributed by atoms with Crippen molar-refractivity contribution < 1.29 is 37.5 Å². The van der Waals surface area contributed by atoms with Gasteiger partial charge in [-0.1, -0.05) is 6.08 Å². The van der Waals surface area contributed by atoms with Crippen molar-refractivity contribution in [2.24, 2.45) is 17.8 Å². The number of hydrogen-bond acceptors (Lipinski definition) is 5. The summed E-state index contributed by atoms with van der Waals surface area (Å²) in [5.74, 6) is -5.96. The highest BCUT2D eigenvalue weighted by Crippen LogP contribution is 2.19. The van der Waals surface area contributed by atoms with Gasteiger partial charge in [0.25, 0.3) is 0 Å². The molecule has 2 rings (SSSR count). The maximum Gasteiger partial charge on any atom is 0.471 e. The number of carboxylic acid groups (broad SMARTS) is 1. The van der Waals surface area contributed by atoms with Crippen LogP contribution >= 0.6 is 0 Å². The Labute approximate surface area is 183 Å². The quantitative estimate of drug-likeness (QED) is 0.384. The average Bonchev–Trinajstić information content (AvgIpc) is 2.76. The Hall–Kier alpha value is -2.63. The summed E-state index contributed by atoms with van der Waals surface area (Å²) in [5.41, 5.74) is 0. The molecule has 0 spiro atoms. The molecule has 0 unspecified atom stereocenters. The van der Waals surface area contributed by atoms with Crippen molar-refractivity contribution in [1.82, 2.24) is 20.9 Å². The van der Waals surface area contributed by atoms with Crippen LogP contribution in [0.3, 0.4) is 0 Å². The molecule has 4 N–H and O–H groups in total. The van der Waals surface area contributed by atoms with E-state index >= 15 is 0 Å². The van der Waals surface area contributed by atoms with Crippen molar-refractivity contribution in [2.75, 3.05) is 39.3 Å². The third-order valence-corrected chi connectivity index (χ3v) is 5.64. The first-order chi connectivity index (χ1) is 15.1. The molecule has 0 saturated carbocycles. The molecule has 0 aromatic heterocycles. The first kappa shape index (κ1) is 25.6. The van der Waals surface area contributed by atoms with Gasteiger partial charge in [0.15, 0.2) is 0 Å². The maximum atomic E-state index is 12.5. The lowest BCUT2D eigenvalue weighted by Gasteiger charge is -2.31. The fourth-order valence-corrected chi connectivity index (χ4v) is 3.68. The molecule has 2 saturated heterocycles. The standard InChI is InChI=1S/C20H29F3N4O5/c21-20(22,23)19(32)26-11-15(18(30)31)10-25-17(29)14-2-1-9-27(12-14)16(28)4-3-13-5-7-24-8-6-13/h3-4,13-15,24H,1-2,5-12H2,(H,25,29)(H,26,32)(H,30,31)/b4-3+/t14-,15+/m1/s1. The third-order valence-electron chi connectivity index (χ3n) is 5.64. The Morgan fingerprint density at radius 3 is 2.38 bits per heavy atom. The Morgan fingerprint density at radius 2 is 1.75 bits per heavy atom. The number of piperidine rings is 2. The predicted molar refractivity (Wildman–Crippen MR) is 107 cm³/mol. The number of carboxylic acids is 1. The van der Waals surface area contributed by atoms with Crippen molar-refractivity contribution in [3.05, 3.63) is 12.2 Å². The lowest BCUT2D eigenvalue weighted by Crippen LogP contribution is -2.48. The molecule has 12 heteroatoms. The van der Waals surface area contributed by atoms with Crippen molar-refractivity contribution in [3.8, 4) is 0 Å². The normalized spacial score (nSPS) is 21.2. The van der Waals surface area contributed by atoms with Gasteiger partial charge in [0.05, 0.1) is 11.8 Å². The average molecular weight is 462 g/mol. The molecule has 3 amide bonds. The number of alkyl halides is 3. The summed E-state index contributed by atoms with van der Waals surface area (Å²) < 4.78 is 36.8. The van der Waals surface area contributed by atoms with Crippen LogP contribution in [0.5, 0.6) is 0 Å². The first-order valence-electron chi connectivity index (χ1n) is 10.6. The number of halogens is 3. The molecule has 0 aliphatic carbocycles. The lowest BCUT2D eigenvalue weighted by molar-refractivity contribution is -0.173. The van der Waals surface area contributed by atoms with E-state index in [0.717, 1.165) is 25.9 Å². The molecule has 0 aromatic carbocycles. The van der Waals surface area contributed by atoms with Gasteiger partial charge in [0.1, 0.15) is 0 Å². The molecule has 0 aromatic rings. The predicted octanol–water partition coefficient (Wildman–Crippen LogP) is 0.276. The van der Waals surface area contributed by atoms with Crippen LogP contribution in [0.1, 0.15) is 25.7 Å². The number of carbonyl (C=O) groups excluding carboxylic acids is 3. The van der Waals surface area contributed by atoms with Gasteiger partial charge in [0, 0.05) is 26.2 Å². The fraction of sp³-hybridized carbons (Fsp3) is 0.700. The van der Waals surface area contributed by atoms with Crippen molar-refractivity contribution >= 4 is 23.7 Å². The molecule has 32 heavy (non-hydrogen) atoms. The third kappa shape index (κ3) is 8.13. The summed E-state index contributed by atoms with van der Waals surface area (Å²) in [6.45, 7) is 1.31. The monoisotopic (exact) mass is 462 g/mol. The number of amides is 3. The zero-order valence-corrected chi connectivity index (χ0v) is 17.6. The molecule has 0 bridgehead atoms. The van der Waals surface area contributed by atoms with E-state index < -0.39 is 48.9 Å². The van der Waals surface area contributed by atoms with Gasteiger partial charge in [-0.15, -0.1) is 0 Å². The van der Waals surface area contributed by atoms with Crippen molar-refractivity contribution in [1.29, 1.82) is 0 Å². The van der Waals surface area contributed by atoms with Gasteiger partial charge in [-0.2, -0.15) is 13.2 Å². The van der Waals surface area contributed by atoms with E-state index in [2.05, 4.69) is 10.6 Å². The summed E-state index contributed by atoms with van der Waals surface area (Å²) in [6.07, 6.45) is 1.36. The summed E-state index contributed by atoms with van der Waals surface area (Å²) in [6, 6.07) is 0. The van der Waals surface area contributed by atoms with Crippen LogP contribution < -0.4 is 16.0 Å². The van der Waals surface area contributed by atoms with Crippen LogP contribution in [0.2, 0.25) is 0 Å². The first-order valence-corrected chi connectivity index (χ1v) is 10.6. The highest BCUT2D eigenvalue weighted by atomic mass is 19.4. The van der Waals surface area contributed by atoms with Crippen LogP contribution in [0.25, 0.3) is 0 Å². The van der Waals surface area contributed by atoms with E-state index in [-0.39, 0.29) is 12.5 Å². The molecular formula is C20H29F3N4O5. The molecule has 2 atom stereocenters. The van der Waals surface area contributed by atoms with Crippen LogP contribution in [0.4, 0.5) is 13.2 Å². The van der Waals surface area contributed by atoms with E-state index in [1.807, 2.05) is 6.08 Å². The van der Waals surface area contributed by atoms with Gasteiger partial charge in [-0.25, -0.2) is 0 Å². The van der Waals surface area contributed by atoms with Gasteiger partial charge < -0.3 is 26.0 Å². The minimum atomic E-state index is -5.12. The summed E-state index contributed by atoms with van der Waals surface area (Å²) in [4.78, 5) is 48.6. The second-order valence-corrected chi connectivity index (χ2v) is 8.06. The smallest absolute Gasteiger partial charge is 0.471 e. The molecule has 2 heterocycles. The van der Waals surface area contributed by atoms with Crippen LogP contribution in [-0.2, 0) is 19.2 Å². The number of hydrogen-bond donors (Lipinski definition) is 4. The highest BCUT2D eigenvalue weighted by Gasteiger charge is 2.39. The zero-order valence-electron chi connectivity index (χ0n) is 17.6. The second kappa shape index (κ2) is 11.8. The minimum Gasteiger partial charge on any atom is -0.481 e. The van der Waals surface area contributed by atoms with Crippen molar-refractivity contribution in [3.63, 3.8) is 0 Å². The van der Waals surface area contributed by atoms with Gasteiger partial charge in [-0.05, 0) is 50.8 Å². The molecule has 2 fully saturated rings. The van der Waals surface area contributed by atoms with Crippen LogP contribution in [0, 0.1) is 17.8 Å².